The summed E-state index contributed by atoms with van der Waals surface area (Å²) in [7, 11) is 0. The van der Waals surface area contributed by atoms with Crippen molar-refractivity contribution in [3.63, 3.8) is 0 Å². The molecule has 2 rings (SSSR count). The summed E-state index contributed by atoms with van der Waals surface area (Å²) in [5.41, 5.74) is 6.26. The maximum Gasteiger partial charge on any atom is 0.280 e. The Morgan fingerprint density at radius 3 is 2.88 bits per heavy atom. The first kappa shape index (κ1) is 11.5. The lowest BCUT2D eigenvalue weighted by Crippen LogP contribution is -2.14. The van der Waals surface area contributed by atoms with Crippen molar-refractivity contribution in [2.24, 2.45) is 0 Å². The van der Waals surface area contributed by atoms with Gasteiger partial charge >= 0.3 is 0 Å². The van der Waals surface area contributed by atoms with Gasteiger partial charge in [0.05, 0.1) is 5.69 Å². The number of aryl methyl sites for hydroxylation is 2. The van der Waals surface area contributed by atoms with E-state index in [0.29, 0.717) is 17.4 Å². The van der Waals surface area contributed by atoms with E-state index in [4.69, 9.17) is 5.73 Å². The number of rotatable bonds is 3. The van der Waals surface area contributed by atoms with Crippen molar-refractivity contribution >= 4 is 28.1 Å². The zero-order chi connectivity index (χ0) is 12.4. The number of amides is 1. The highest BCUT2D eigenvalue weighted by Gasteiger charge is 2.16. The zero-order valence-corrected chi connectivity index (χ0v) is 10.3. The Labute approximate surface area is 102 Å². The summed E-state index contributed by atoms with van der Waals surface area (Å²) < 4.78 is 1.61. The van der Waals surface area contributed by atoms with E-state index >= 15 is 0 Å². The molecule has 0 saturated carbocycles. The first-order valence-electron chi connectivity index (χ1n) is 5.04. The number of nitrogens with one attached hydrogen (secondary N) is 1. The minimum Gasteiger partial charge on any atom is -0.396 e. The van der Waals surface area contributed by atoms with E-state index in [0.717, 1.165) is 5.01 Å². The minimum atomic E-state index is -0.370. The molecule has 0 unspecified atom stereocenters. The second-order valence-corrected chi connectivity index (χ2v) is 4.55. The van der Waals surface area contributed by atoms with Crippen molar-refractivity contribution in [3.05, 3.63) is 16.9 Å². The van der Waals surface area contributed by atoms with Gasteiger partial charge in [0.2, 0.25) is 5.13 Å². The van der Waals surface area contributed by atoms with Crippen LogP contribution in [-0.4, -0.2) is 25.9 Å². The second-order valence-electron chi connectivity index (χ2n) is 3.37. The summed E-state index contributed by atoms with van der Waals surface area (Å²) in [4.78, 5) is 11.8. The van der Waals surface area contributed by atoms with Gasteiger partial charge in [0.25, 0.3) is 5.91 Å². The smallest absolute Gasteiger partial charge is 0.280 e. The van der Waals surface area contributed by atoms with Crippen molar-refractivity contribution in [3.8, 4) is 0 Å². The predicted molar refractivity (Wildman–Crippen MR) is 64.9 cm³/mol. The van der Waals surface area contributed by atoms with E-state index in [1.54, 1.807) is 10.9 Å². The van der Waals surface area contributed by atoms with Gasteiger partial charge in [0, 0.05) is 12.7 Å². The van der Waals surface area contributed by atoms with E-state index < -0.39 is 0 Å². The summed E-state index contributed by atoms with van der Waals surface area (Å²) in [5.74, 6) is -0.370. The van der Waals surface area contributed by atoms with E-state index in [1.807, 2.05) is 13.8 Å². The van der Waals surface area contributed by atoms with Crippen molar-refractivity contribution in [2.45, 2.75) is 20.4 Å². The van der Waals surface area contributed by atoms with Crippen molar-refractivity contribution in [1.82, 2.24) is 20.0 Å². The molecule has 0 atom stereocenters. The van der Waals surface area contributed by atoms with Crippen LogP contribution >= 0.6 is 11.3 Å². The molecule has 0 radical (unpaired) electrons. The first-order valence-corrected chi connectivity index (χ1v) is 5.86. The van der Waals surface area contributed by atoms with E-state index in [-0.39, 0.29) is 11.6 Å². The highest BCUT2D eigenvalue weighted by atomic mass is 32.1. The van der Waals surface area contributed by atoms with Gasteiger partial charge in [-0.2, -0.15) is 5.10 Å². The molecule has 2 aromatic rings. The molecular formula is C9H12N6OS. The average Bonchev–Trinajstić information content (AvgIpc) is 2.85. The summed E-state index contributed by atoms with van der Waals surface area (Å²) in [6.45, 7) is 4.39. The zero-order valence-electron chi connectivity index (χ0n) is 9.47. The Bertz CT molecular complexity index is 545. The van der Waals surface area contributed by atoms with Crippen LogP contribution in [0.3, 0.4) is 0 Å². The molecule has 7 nitrogen and oxygen atoms in total. The van der Waals surface area contributed by atoms with Crippen LogP contribution in [-0.2, 0) is 6.54 Å². The average molecular weight is 252 g/mol. The largest absolute Gasteiger partial charge is 0.396 e. The number of nitrogen functional groups attached to an aromatic ring is 1. The third kappa shape index (κ3) is 2.41. The molecule has 1 amide bonds. The summed E-state index contributed by atoms with van der Waals surface area (Å²) in [6, 6.07) is 0. The molecule has 0 aliphatic carbocycles. The molecular weight excluding hydrogens is 240 g/mol. The van der Waals surface area contributed by atoms with Crippen LogP contribution in [0.25, 0.3) is 0 Å². The molecule has 2 heterocycles. The lowest BCUT2D eigenvalue weighted by atomic mass is 10.3. The van der Waals surface area contributed by atoms with Crippen LogP contribution in [0.2, 0.25) is 0 Å². The first-order chi connectivity index (χ1) is 8.10. The fourth-order valence-corrected chi connectivity index (χ4v) is 1.87. The molecule has 0 spiro atoms. The molecule has 0 aliphatic heterocycles. The Balaban J connectivity index is 2.16. The molecule has 0 fully saturated rings. The molecule has 0 saturated heterocycles. The van der Waals surface area contributed by atoms with Crippen LogP contribution in [0, 0.1) is 6.92 Å². The molecule has 0 aromatic carbocycles. The van der Waals surface area contributed by atoms with E-state index in [9.17, 15) is 4.79 Å². The van der Waals surface area contributed by atoms with Gasteiger partial charge in [-0.05, 0) is 13.8 Å². The number of anilines is 2. The number of carbonyl (C=O) groups excluding carboxylic acids is 1. The van der Waals surface area contributed by atoms with Crippen molar-refractivity contribution in [1.29, 1.82) is 0 Å². The van der Waals surface area contributed by atoms with Gasteiger partial charge < -0.3 is 5.73 Å². The molecule has 0 aliphatic rings. The molecule has 8 heteroatoms. The Morgan fingerprint density at radius 2 is 2.35 bits per heavy atom. The van der Waals surface area contributed by atoms with E-state index in [2.05, 4.69) is 20.6 Å². The number of carbonyl (C=O) groups is 1. The number of hydrogen-bond acceptors (Lipinski definition) is 6. The number of aromatic nitrogens is 4. The van der Waals surface area contributed by atoms with Gasteiger partial charge in [-0.1, -0.05) is 11.3 Å². The summed E-state index contributed by atoms with van der Waals surface area (Å²) >= 11 is 1.30. The monoisotopic (exact) mass is 252 g/mol. The minimum absolute atomic E-state index is 0.208. The summed E-state index contributed by atoms with van der Waals surface area (Å²) in [5, 5.41) is 15.5. The van der Waals surface area contributed by atoms with Crippen molar-refractivity contribution in [2.75, 3.05) is 11.1 Å². The fraction of sp³-hybridized carbons (Fsp3) is 0.333. The maximum atomic E-state index is 11.8. The van der Waals surface area contributed by atoms with Crippen LogP contribution in [0.15, 0.2) is 6.20 Å². The highest BCUT2D eigenvalue weighted by Crippen LogP contribution is 2.16. The molecule has 2 aromatic heterocycles. The Kier molecular flexibility index (Phi) is 3.05. The van der Waals surface area contributed by atoms with Crippen LogP contribution in [0.1, 0.15) is 22.4 Å². The molecule has 3 N–H and O–H groups in total. The second kappa shape index (κ2) is 4.50. The van der Waals surface area contributed by atoms with Gasteiger partial charge in [0.15, 0.2) is 5.69 Å². The quantitative estimate of drug-likeness (QED) is 0.845. The van der Waals surface area contributed by atoms with Crippen molar-refractivity contribution < 1.29 is 4.79 Å². The Morgan fingerprint density at radius 1 is 1.59 bits per heavy atom. The Hall–Kier alpha value is -1.96. The normalized spacial score (nSPS) is 10.5. The van der Waals surface area contributed by atoms with Gasteiger partial charge in [-0.25, -0.2) is 0 Å². The predicted octanol–water partition coefficient (Wildman–Crippen LogP) is 0.897. The topological polar surface area (TPSA) is 98.7 Å². The summed E-state index contributed by atoms with van der Waals surface area (Å²) in [6.07, 6.45) is 1.63. The lowest BCUT2D eigenvalue weighted by Gasteiger charge is -1.97. The third-order valence-electron chi connectivity index (χ3n) is 2.08. The fourth-order valence-electron chi connectivity index (χ4n) is 1.28. The van der Waals surface area contributed by atoms with Gasteiger partial charge in [0.1, 0.15) is 5.01 Å². The number of hydrogen-bond donors (Lipinski definition) is 2. The highest BCUT2D eigenvalue weighted by molar-refractivity contribution is 7.15. The molecule has 17 heavy (non-hydrogen) atoms. The maximum absolute atomic E-state index is 11.8. The van der Waals surface area contributed by atoms with E-state index in [1.165, 1.54) is 11.3 Å². The van der Waals surface area contributed by atoms with Crippen LogP contribution in [0.4, 0.5) is 10.8 Å². The van der Waals surface area contributed by atoms with Gasteiger partial charge in [-0.3, -0.25) is 14.8 Å². The van der Waals surface area contributed by atoms with Crippen LogP contribution in [0.5, 0.6) is 0 Å². The number of nitrogens with two attached hydrogens (primary N) is 1. The van der Waals surface area contributed by atoms with Gasteiger partial charge in [-0.15, -0.1) is 10.2 Å². The number of nitrogens with zero attached hydrogens (tertiary/aromatic N) is 4. The standard InChI is InChI=1S/C9H12N6OS/c1-3-15-4-6(10)7(14-15)8(16)11-9-13-12-5(2)17-9/h4H,3,10H2,1-2H3,(H,11,13,16). The SMILES string of the molecule is CCn1cc(N)c(C(=O)Nc2nnc(C)s2)n1. The lowest BCUT2D eigenvalue weighted by molar-refractivity contribution is 0.102. The third-order valence-corrected chi connectivity index (χ3v) is 2.83. The van der Waals surface area contributed by atoms with Crippen LogP contribution < -0.4 is 11.1 Å². The molecule has 90 valence electrons. The molecule has 0 bridgehead atoms.